The zero-order valence-corrected chi connectivity index (χ0v) is 11.6. The monoisotopic (exact) mass is 244 g/mol. The highest BCUT2D eigenvalue weighted by Crippen LogP contribution is 2.15. The van der Waals surface area contributed by atoms with Gasteiger partial charge in [0.2, 0.25) is 5.91 Å². The Kier molecular flexibility index (Phi) is 7.39. The minimum absolute atomic E-state index is 0.164. The van der Waals surface area contributed by atoms with Crippen molar-refractivity contribution in [3.8, 4) is 0 Å². The van der Waals surface area contributed by atoms with Crippen LogP contribution in [0, 0.1) is 5.92 Å². The molecule has 0 aromatic heterocycles. The summed E-state index contributed by atoms with van der Waals surface area (Å²) in [4.78, 5) is 11.6. The van der Waals surface area contributed by atoms with Crippen LogP contribution in [0.1, 0.15) is 53.4 Å². The minimum atomic E-state index is -0.853. The molecule has 0 saturated carbocycles. The molecule has 0 rings (SSSR count). The number of unbranched alkanes of at least 4 members (excludes halogenated alkanes) is 1. The van der Waals surface area contributed by atoms with Crippen molar-refractivity contribution < 1.29 is 9.90 Å². The first-order chi connectivity index (χ1) is 7.78. The second-order valence-electron chi connectivity index (χ2n) is 5.56. The van der Waals surface area contributed by atoms with E-state index in [1.807, 2.05) is 13.8 Å². The number of nitrogens with two attached hydrogens (primary N) is 1. The van der Waals surface area contributed by atoms with E-state index in [1.54, 1.807) is 6.92 Å². The third kappa shape index (κ3) is 8.16. The van der Waals surface area contributed by atoms with Gasteiger partial charge in [-0.2, -0.15) is 0 Å². The molecule has 0 aliphatic heterocycles. The SMILES string of the molecule is CCCC[C@H](N)C(=O)NCC(C)(O)CC(C)C. The van der Waals surface area contributed by atoms with E-state index >= 15 is 0 Å². The number of carbonyl (C=O) groups is 1. The van der Waals surface area contributed by atoms with Crippen molar-refractivity contribution >= 4 is 5.91 Å². The van der Waals surface area contributed by atoms with Crippen LogP contribution in [0.5, 0.6) is 0 Å². The van der Waals surface area contributed by atoms with E-state index in [1.165, 1.54) is 0 Å². The van der Waals surface area contributed by atoms with Gasteiger partial charge in [0.1, 0.15) is 0 Å². The second kappa shape index (κ2) is 7.67. The van der Waals surface area contributed by atoms with Crippen LogP contribution in [0.25, 0.3) is 0 Å². The highest BCUT2D eigenvalue weighted by Gasteiger charge is 2.23. The van der Waals surface area contributed by atoms with E-state index in [-0.39, 0.29) is 12.5 Å². The molecule has 4 heteroatoms. The first-order valence-electron chi connectivity index (χ1n) is 6.54. The molecule has 0 aliphatic carbocycles. The summed E-state index contributed by atoms with van der Waals surface area (Å²) in [5.74, 6) is 0.234. The molecule has 102 valence electrons. The number of aliphatic hydroxyl groups is 1. The quantitative estimate of drug-likeness (QED) is 0.604. The van der Waals surface area contributed by atoms with E-state index in [4.69, 9.17) is 5.73 Å². The van der Waals surface area contributed by atoms with Crippen LogP contribution in [0.3, 0.4) is 0 Å². The predicted molar refractivity (Wildman–Crippen MR) is 70.6 cm³/mol. The van der Waals surface area contributed by atoms with E-state index < -0.39 is 11.6 Å². The molecule has 0 fully saturated rings. The number of amides is 1. The molecule has 0 spiro atoms. The highest BCUT2D eigenvalue weighted by atomic mass is 16.3. The number of rotatable bonds is 8. The largest absolute Gasteiger partial charge is 0.388 e. The fourth-order valence-electron chi connectivity index (χ4n) is 1.92. The Hall–Kier alpha value is -0.610. The first-order valence-corrected chi connectivity index (χ1v) is 6.54. The van der Waals surface area contributed by atoms with Gasteiger partial charge in [0.15, 0.2) is 0 Å². The lowest BCUT2D eigenvalue weighted by Crippen LogP contribution is -2.47. The van der Waals surface area contributed by atoms with Gasteiger partial charge in [0, 0.05) is 6.54 Å². The van der Waals surface area contributed by atoms with Gasteiger partial charge >= 0.3 is 0 Å². The van der Waals surface area contributed by atoms with Gasteiger partial charge in [-0.1, -0.05) is 33.6 Å². The Balaban J connectivity index is 3.97. The van der Waals surface area contributed by atoms with Crippen molar-refractivity contribution in [3.05, 3.63) is 0 Å². The van der Waals surface area contributed by atoms with Crippen molar-refractivity contribution in [2.45, 2.75) is 65.0 Å². The fourth-order valence-corrected chi connectivity index (χ4v) is 1.92. The average Bonchev–Trinajstić information content (AvgIpc) is 2.20. The summed E-state index contributed by atoms with van der Waals surface area (Å²) in [6.45, 7) is 8.17. The highest BCUT2D eigenvalue weighted by molar-refractivity contribution is 5.81. The lowest BCUT2D eigenvalue weighted by Gasteiger charge is -2.26. The molecular weight excluding hydrogens is 216 g/mol. The molecule has 4 nitrogen and oxygen atoms in total. The van der Waals surface area contributed by atoms with Gasteiger partial charge in [0.25, 0.3) is 0 Å². The van der Waals surface area contributed by atoms with Crippen LogP contribution in [0.4, 0.5) is 0 Å². The predicted octanol–water partition coefficient (Wildman–Crippen LogP) is 1.42. The lowest BCUT2D eigenvalue weighted by atomic mass is 9.94. The summed E-state index contributed by atoms with van der Waals surface area (Å²) in [7, 11) is 0. The zero-order chi connectivity index (χ0) is 13.5. The summed E-state index contributed by atoms with van der Waals surface area (Å²) in [6, 6.07) is -0.454. The van der Waals surface area contributed by atoms with E-state index in [9.17, 15) is 9.90 Å². The maximum Gasteiger partial charge on any atom is 0.237 e. The Morgan fingerprint density at radius 1 is 1.47 bits per heavy atom. The molecule has 1 amide bonds. The topological polar surface area (TPSA) is 75.4 Å². The summed E-state index contributed by atoms with van der Waals surface area (Å²) in [5, 5.41) is 12.8. The molecule has 0 radical (unpaired) electrons. The van der Waals surface area contributed by atoms with Crippen molar-refractivity contribution in [2.24, 2.45) is 11.7 Å². The summed E-state index contributed by atoms with van der Waals surface area (Å²) < 4.78 is 0. The summed E-state index contributed by atoms with van der Waals surface area (Å²) >= 11 is 0. The van der Waals surface area contributed by atoms with Crippen molar-refractivity contribution in [1.82, 2.24) is 5.32 Å². The van der Waals surface area contributed by atoms with Crippen LogP contribution >= 0.6 is 0 Å². The van der Waals surface area contributed by atoms with Crippen LogP contribution < -0.4 is 11.1 Å². The molecule has 0 aromatic rings. The average molecular weight is 244 g/mol. The van der Waals surface area contributed by atoms with Crippen molar-refractivity contribution in [1.29, 1.82) is 0 Å². The Bertz CT molecular complexity index is 227. The van der Waals surface area contributed by atoms with E-state index in [2.05, 4.69) is 12.2 Å². The van der Waals surface area contributed by atoms with Gasteiger partial charge in [0.05, 0.1) is 11.6 Å². The van der Waals surface area contributed by atoms with Gasteiger partial charge in [-0.3, -0.25) is 4.79 Å². The van der Waals surface area contributed by atoms with Gasteiger partial charge in [-0.25, -0.2) is 0 Å². The minimum Gasteiger partial charge on any atom is -0.388 e. The molecule has 4 N–H and O–H groups in total. The summed E-state index contributed by atoms with van der Waals surface area (Å²) in [6.07, 6.45) is 3.36. The molecule has 0 bridgehead atoms. The van der Waals surface area contributed by atoms with Crippen LogP contribution in [0.2, 0.25) is 0 Å². The molecule has 0 aromatic carbocycles. The first kappa shape index (κ1) is 16.4. The van der Waals surface area contributed by atoms with E-state index in [0.29, 0.717) is 18.8 Å². The van der Waals surface area contributed by atoms with Gasteiger partial charge in [-0.05, 0) is 25.7 Å². The summed E-state index contributed by atoms with van der Waals surface area (Å²) in [5.41, 5.74) is 4.89. The molecule has 0 aliphatic rings. The van der Waals surface area contributed by atoms with Crippen molar-refractivity contribution in [2.75, 3.05) is 6.54 Å². The lowest BCUT2D eigenvalue weighted by molar-refractivity contribution is -0.123. The van der Waals surface area contributed by atoms with Crippen LogP contribution in [-0.2, 0) is 4.79 Å². The number of carbonyl (C=O) groups excluding carboxylic acids is 1. The Morgan fingerprint density at radius 3 is 2.53 bits per heavy atom. The number of hydrogen-bond donors (Lipinski definition) is 3. The maximum atomic E-state index is 11.6. The second-order valence-corrected chi connectivity index (χ2v) is 5.56. The Labute approximate surface area is 105 Å². The molecule has 2 atom stereocenters. The number of nitrogens with one attached hydrogen (secondary N) is 1. The molecule has 1 unspecified atom stereocenters. The third-order valence-electron chi connectivity index (χ3n) is 2.70. The van der Waals surface area contributed by atoms with Crippen molar-refractivity contribution in [3.63, 3.8) is 0 Å². The van der Waals surface area contributed by atoms with E-state index in [0.717, 1.165) is 12.8 Å². The Morgan fingerprint density at radius 2 is 2.06 bits per heavy atom. The molecule has 17 heavy (non-hydrogen) atoms. The molecule has 0 saturated heterocycles. The van der Waals surface area contributed by atoms with Crippen LogP contribution in [0.15, 0.2) is 0 Å². The van der Waals surface area contributed by atoms with Crippen LogP contribution in [-0.4, -0.2) is 29.2 Å². The maximum absolute atomic E-state index is 11.6. The molecular formula is C13H28N2O2. The van der Waals surface area contributed by atoms with Gasteiger partial charge < -0.3 is 16.2 Å². The molecule has 0 heterocycles. The third-order valence-corrected chi connectivity index (χ3v) is 2.70. The zero-order valence-electron chi connectivity index (χ0n) is 11.6. The normalized spacial score (nSPS) is 16.6. The van der Waals surface area contributed by atoms with Gasteiger partial charge in [-0.15, -0.1) is 0 Å². The fraction of sp³-hybridized carbons (Fsp3) is 0.923. The smallest absolute Gasteiger partial charge is 0.237 e. The number of hydrogen-bond acceptors (Lipinski definition) is 3. The standard InChI is InChI=1S/C13H28N2O2/c1-5-6-7-11(14)12(16)15-9-13(4,17)8-10(2)3/h10-11,17H,5-9,14H2,1-4H3,(H,15,16)/t11-,13?/m0/s1.